The number of anilines is 1. The Hall–Kier alpha value is -3.93. The van der Waals surface area contributed by atoms with Crippen molar-refractivity contribution in [3.05, 3.63) is 59.9 Å². The minimum Gasteiger partial charge on any atom is -0.341 e. The van der Waals surface area contributed by atoms with Crippen LogP contribution < -0.4 is 21.3 Å². The number of carbonyl (C=O) groups is 3. The van der Waals surface area contributed by atoms with Crippen LogP contribution in [-0.4, -0.2) is 35.4 Å². The van der Waals surface area contributed by atoms with Gasteiger partial charge in [0.2, 0.25) is 5.91 Å². The molecule has 162 valence electrons. The van der Waals surface area contributed by atoms with Gasteiger partial charge in [-0.25, -0.2) is 4.79 Å². The van der Waals surface area contributed by atoms with Crippen molar-refractivity contribution >= 4 is 23.5 Å². The monoisotopic (exact) mass is 422 g/mol. The number of carbonyl (C=O) groups excluding carboxylic acids is 3. The summed E-state index contributed by atoms with van der Waals surface area (Å²) in [6, 6.07) is 10.7. The number of hydrogen-bond donors (Lipinski definition) is 4. The Morgan fingerprint density at radius 2 is 1.71 bits per heavy atom. The molecule has 9 heteroatoms. The summed E-state index contributed by atoms with van der Waals surface area (Å²) in [6.45, 7) is 4.13. The van der Waals surface area contributed by atoms with Crippen molar-refractivity contribution in [1.29, 1.82) is 5.26 Å². The second-order valence-electron chi connectivity index (χ2n) is 7.27. The molecule has 2 rings (SSSR count). The van der Waals surface area contributed by atoms with Crippen LogP contribution in [-0.2, 0) is 11.3 Å². The molecule has 0 aliphatic carbocycles. The maximum atomic E-state index is 12.5. The first-order chi connectivity index (χ1) is 14.9. The normalized spacial score (nSPS) is 11.2. The lowest BCUT2D eigenvalue weighted by Crippen LogP contribution is -2.47. The number of aromatic nitrogens is 1. The van der Waals surface area contributed by atoms with E-state index in [0.717, 1.165) is 5.56 Å². The first kappa shape index (κ1) is 23.3. The molecule has 0 saturated heterocycles. The summed E-state index contributed by atoms with van der Waals surface area (Å²) in [7, 11) is 0. The van der Waals surface area contributed by atoms with Gasteiger partial charge >= 0.3 is 6.03 Å². The Kier molecular flexibility index (Phi) is 8.98. The Labute approximate surface area is 181 Å². The van der Waals surface area contributed by atoms with Gasteiger partial charge in [-0.15, -0.1) is 0 Å². The van der Waals surface area contributed by atoms with Gasteiger partial charge in [-0.2, -0.15) is 5.26 Å². The molecule has 1 heterocycles. The van der Waals surface area contributed by atoms with E-state index in [1.165, 1.54) is 0 Å². The summed E-state index contributed by atoms with van der Waals surface area (Å²) < 4.78 is 0. The maximum absolute atomic E-state index is 12.5. The number of nitrogens with zero attached hydrogens (tertiary/aromatic N) is 2. The molecule has 4 amide bonds. The molecule has 0 aliphatic heterocycles. The standard InChI is InChI=1S/C22H26N6O3/c1-15(2)13-19(21(30)25-12-9-23)28-20(29)17-3-5-18(6-4-17)27-22(31)26-14-16-7-10-24-11-8-16/h3-8,10-11,15,19H,12-14H2,1-2H3,(H,25,30)(H,28,29)(H2,26,27,31)/t19-/m0/s1. The Balaban J connectivity index is 1.91. The molecule has 2 aromatic rings. The van der Waals surface area contributed by atoms with Crippen molar-refractivity contribution in [3.63, 3.8) is 0 Å². The molecule has 0 aliphatic rings. The van der Waals surface area contributed by atoms with Crippen LogP contribution in [0.1, 0.15) is 36.2 Å². The van der Waals surface area contributed by atoms with E-state index in [-0.39, 0.29) is 18.5 Å². The minimum absolute atomic E-state index is 0.118. The van der Waals surface area contributed by atoms with Crippen molar-refractivity contribution < 1.29 is 14.4 Å². The fourth-order valence-corrected chi connectivity index (χ4v) is 2.76. The van der Waals surface area contributed by atoms with Crippen LogP contribution in [0.4, 0.5) is 10.5 Å². The van der Waals surface area contributed by atoms with E-state index in [1.807, 2.05) is 19.9 Å². The van der Waals surface area contributed by atoms with Crippen molar-refractivity contribution in [3.8, 4) is 6.07 Å². The number of nitriles is 1. The van der Waals surface area contributed by atoms with Crippen LogP contribution in [0, 0.1) is 17.2 Å². The van der Waals surface area contributed by atoms with Crippen LogP contribution in [0.5, 0.6) is 0 Å². The molecule has 0 unspecified atom stereocenters. The van der Waals surface area contributed by atoms with E-state index < -0.39 is 17.9 Å². The zero-order valence-corrected chi connectivity index (χ0v) is 17.5. The molecule has 0 radical (unpaired) electrons. The van der Waals surface area contributed by atoms with E-state index in [2.05, 4.69) is 26.3 Å². The van der Waals surface area contributed by atoms with Gasteiger partial charge < -0.3 is 21.3 Å². The first-order valence-corrected chi connectivity index (χ1v) is 9.88. The number of amides is 4. The van der Waals surface area contributed by atoms with Gasteiger partial charge in [0.05, 0.1) is 6.07 Å². The van der Waals surface area contributed by atoms with Gasteiger partial charge in [-0.3, -0.25) is 14.6 Å². The molecule has 0 spiro atoms. The minimum atomic E-state index is -0.738. The fourth-order valence-electron chi connectivity index (χ4n) is 2.76. The quantitative estimate of drug-likeness (QED) is 0.459. The lowest BCUT2D eigenvalue weighted by molar-refractivity contribution is -0.123. The molecule has 0 bridgehead atoms. The molecule has 31 heavy (non-hydrogen) atoms. The molecule has 1 aromatic carbocycles. The number of hydrogen-bond acceptors (Lipinski definition) is 5. The van der Waals surface area contributed by atoms with Crippen LogP contribution in [0.2, 0.25) is 0 Å². The summed E-state index contributed by atoms with van der Waals surface area (Å²) in [5.74, 6) is -0.630. The molecule has 0 fully saturated rings. The molecule has 1 atom stereocenters. The molecule has 0 saturated carbocycles. The van der Waals surface area contributed by atoms with E-state index in [0.29, 0.717) is 24.2 Å². The summed E-state index contributed by atoms with van der Waals surface area (Å²) >= 11 is 0. The molecule has 4 N–H and O–H groups in total. The maximum Gasteiger partial charge on any atom is 0.319 e. The predicted molar refractivity (Wildman–Crippen MR) is 116 cm³/mol. The Bertz CT molecular complexity index is 923. The molecule has 9 nitrogen and oxygen atoms in total. The van der Waals surface area contributed by atoms with Crippen LogP contribution in [0.3, 0.4) is 0 Å². The number of nitrogens with one attached hydrogen (secondary N) is 4. The third kappa shape index (κ3) is 8.14. The van der Waals surface area contributed by atoms with Crippen molar-refractivity contribution in [2.75, 3.05) is 11.9 Å². The van der Waals surface area contributed by atoms with Crippen molar-refractivity contribution in [2.45, 2.75) is 32.9 Å². The first-order valence-electron chi connectivity index (χ1n) is 9.88. The summed E-state index contributed by atoms with van der Waals surface area (Å²) in [5, 5.41) is 19.2. The average molecular weight is 422 g/mol. The van der Waals surface area contributed by atoms with Gasteiger partial charge in [0, 0.05) is 30.2 Å². The fraction of sp³-hybridized carbons (Fsp3) is 0.318. The lowest BCUT2D eigenvalue weighted by atomic mass is 10.0. The second kappa shape index (κ2) is 11.9. The highest BCUT2D eigenvalue weighted by Crippen LogP contribution is 2.11. The highest BCUT2D eigenvalue weighted by atomic mass is 16.2. The van der Waals surface area contributed by atoms with Crippen LogP contribution in [0.25, 0.3) is 0 Å². The van der Waals surface area contributed by atoms with E-state index in [1.54, 1.807) is 48.8 Å². The Morgan fingerprint density at radius 3 is 2.32 bits per heavy atom. The van der Waals surface area contributed by atoms with E-state index >= 15 is 0 Å². The number of urea groups is 1. The largest absolute Gasteiger partial charge is 0.341 e. The Morgan fingerprint density at radius 1 is 1.03 bits per heavy atom. The van der Waals surface area contributed by atoms with Gasteiger partial charge in [-0.1, -0.05) is 13.8 Å². The van der Waals surface area contributed by atoms with Gasteiger partial charge in [0.25, 0.3) is 5.91 Å². The molecular formula is C22H26N6O3. The predicted octanol–water partition coefficient (Wildman–Crippen LogP) is 2.19. The topological polar surface area (TPSA) is 136 Å². The molecular weight excluding hydrogens is 396 g/mol. The number of pyridine rings is 1. The smallest absolute Gasteiger partial charge is 0.319 e. The number of benzene rings is 1. The highest BCUT2D eigenvalue weighted by molar-refractivity contribution is 5.98. The number of rotatable bonds is 9. The van der Waals surface area contributed by atoms with Gasteiger partial charge in [0.15, 0.2) is 0 Å². The zero-order chi connectivity index (χ0) is 22.6. The lowest BCUT2D eigenvalue weighted by Gasteiger charge is -2.19. The van der Waals surface area contributed by atoms with Crippen LogP contribution in [0.15, 0.2) is 48.8 Å². The van der Waals surface area contributed by atoms with Crippen LogP contribution >= 0.6 is 0 Å². The third-order valence-corrected chi connectivity index (χ3v) is 4.28. The second-order valence-corrected chi connectivity index (χ2v) is 7.27. The third-order valence-electron chi connectivity index (χ3n) is 4.28. The SMILES string of the molecule is CC(C)C[C@H](NC(=O)c1ccc(NC(=O)NCc2ccncc2)cc1)C(=O)NCC#N. The van der Waals surface area contributed by atoms with Gasteiger partial charge in [-0.05, 0) is 54.3 Å². The van der Waals surface area contributed by atoms with Crippen molar-refractivity contribution in [2.24, 2.45) is 5.92 Å². The van der Waals surface area contributed by atoms with Gasteiger partial charge in [0.1, 0.15) is 12.6 Å². The zero-order valence-electron chi connectivity index (χ0n) is 17.5. The molecule has 1 aromatic heterocycles. The van der Waals surface area contributed by atoms with Crippen molar-refractivity contribution in [1.82, 2.24) is 20.9 Å². The summed E-state index contributed by atoms with van der Waals surface area (Å²) in [6.07, 6.45) is 3.75. The average Bonchev–Trinajstić information content (AvgIpc) is 2.76. The van der Waals surface area contributed by atoms with E-state index in [4.69, 9.17) is 5.26 Å². The summed E-state index contributed by atoms with van der Waals surface area (Å²) in [5.41, 5.74) is 1.80. The summed E-state index contributed by atoms with van der Waals surface area (Å²) in [4.78, 5) is 40.7. The highest BCUT2D eigenvalue weighted by Gasteiger charge is 2.22. The van der Waals surface area contributed by atoms with E-state index in [9.17, 15) is 14.4 Å².